The third kappa shape index (κ3) is 2.95. The Bertz CT molecular complexity index is 686. The van der Waals surface area contributed by atoms with Gasteiger partial charge in [0.05, 0.1) is 0 Å². The normalized spacial score (nSPS) is 10.1. The molecule has 0 spiro atoms. The second kappa shape index (κ2) is 5.71. The average Bonchev–Trinajstić information content (AvgIpc) is 2.40. The second-order valence-corrected chi connectivity index (χ2v) is 4.53. The van der Waals surface area contributed by atoms with E-state index in [1.54, 1.807) is 43.3 Å². The topological polar surface area (TPSA) is 85.1 Å². The van der Waals surface area contributed by atoms with Crippen molar-refractivity contribution in [2.45, 2.75) is 6.92 Å². The first-order valence-electron chi connectivity index (χ1n) is 5.82. The van der Waals surface area contributed by atoms with Gasteiger partial charge in [-0.25, -0.2) is 4.98 Å². The van der Waals surface area contributed by atoms with Gasteiger partial charge in [-0.05, 0) is 36.8 Å². The number of nitrogens with one attached hydrogen (secondary N) is 1. The predicted molar refractivity (Wildman–Crippen MR) is 76.9 cm³/mol. The molecule has 0 unspecified atom stereocenters. The molecule has 0 radical (unpaired) electrons. The molecule has 1 aromatic carbocycles. The Morgan fingerprint density at radius 2 is 1.90 bits per heavy atom. The van der Waals surface area contributed by atoms with E-state index in [9.17, 15) is 9.59 Å². The lowest BCUT2D eigenvalue weighted by Crippen LogP contribution is -2.17. The highest BCUT2D eigenvalue weighted by atomic mass is 35.5. The van der Waals surface area contributed by atoms with E-state index in [4.69, 9.17) is 17.3 Å². The summed E-state index contributed by atoms with van der Waals surface area (Å²) in [5.41, 5.74) is 6.94. The Hall–Kier alpha value is -2.40. The summed E-state index contributed by atoms with van der Waals surface area (Å²) in [6, 6.07) is 9.70. The van der Waals surface area contributed by atoms with Gasteiger partial charge in [0.15, 0.2) is 0 Å². The van der Waals surface area contributed by atoms with Crippen LogP contribution < -0.4 is 11.1 Å². The molecule has 0 atom stereocenters. The van der Waals surface area contributed by atoms with Crippen LogP contribution in [-0.4, -0.2) is 16.8 Å². The van der Waals surface area contributed by atoms with Crippen molar-refractivity contribution in [3.8, 4) is 0 Å². The molecule has 0 bridgehead atoms. The summed E-state index contributed by atoms with van der Waals surface area (Å²) in [5, 5.41) is 2.92. The lowest BCUT2D eigenvalue weighted by Gasteiger charge is -2.10. The van der Waals surface area contributed by atoms with E-state index in [1.165, 1.54) is 0 Å². The van der Waals surface area contributed by atoms with Gasteiger partial charge in [-0.2, -0.15) is 0 Å². The quantitative estimate of drug-likeness (QED) is 0.851. The van der Waals surface area contributed by atoms with Crippen LogP contribution in [0.3, 0.4) is 0 Å². The van der Waals surface area contributed by atoms with Crippen molar-refractivity contribution in [3.63, 3.8) is 0 Å². The van der Waals surface area contributed by atoms with Crippen molar-refractivity contribution < 1.29 is 9.59 Å². The molecule has 20 heavy (non-hydrogen) atoms. The monoisotopic (exact) mass is 289 g/mol. The maximum absolute atomic E-state index is 12.1. The summed E-state index contributed by atoms with van der Waals surface area (Å²) in [7, 11) is 0. The van der Waals surface area contributed by atoms with Crippen molar-refractivity contribution >= 4 is 29.1 Å². The Kier molecular flexibility index (Phi) is 4.00. The zero-order valence-electron chi connectivity index (χ0n) is 10.7. The first-order valence-corrected chi connectivity index (χ1v) is 6.20. The summed E-state index contributed by atoms with van der Waals surface area (Å²) in [4.78, 5) is 27.2. The maximum Gasteiger partial charge on any atom is 0.274 e. The van der Waals surface area contributed by atoms with Gasteiger partial charge in [-0.1, -0.05) is 23.7 Å². The van der Waals surface area contributed by atoms with E-state index in [1.807, 2.05) is 0 Å². The molecule has 0 aliphatic carbocycles. The molecule has 1 heterocycles. The van der Waals surface area contributed by atoms with E-state index in [2.05, 4.69) is 10.3 Å². The number of hydrogen-bond donors (Lipinski definition) is 2. The Morgan fingerprint density at radius 1 is 1.20 bits per heavy atom. The fourth-order valence-electron chi connectivity index (χ4n) is 1.76. The lowest BCUT2D eigenvalue weighted by molar-refractivity contribution is 0.0995. The predicted octanol–water partition coefficient (Wildman–Crippen LogP) is 2.39. The number of nitrogens with zero attached hydrogens (tertiary/aromatic N) is 1. The van der Waals surface area contributed by atoms with E-state index in [0.717, 1.165) is 0 Å². The number of carbonyl (C=O) groups excluding carboxylic acids is 2. The number of carbonyl (C=O) groups is 2. The zero-order chi connectivity index (χ0) is 14.7. The molecule has 0 fully saturated rings. The van der Waals surface area contributed by atoms with Crippen molar-refractivity contribution in [1.29, 1.82) is 0 Å². The number of aromatic nitrogens is 1. The van der Waals surface area contributed by atoms with Crippen LogP contribution in [-0.2, 0) is 0 Å². The molecule has 0 saturated carbocycles. The Labute approximate surface area is 120 Å². The van der Waals surface area contributed by atoms with Crippen LogP contribution >= 0.6 is 11.6 Å². The van der Waals surface area contributed by atoms with Gasteiger partial charge in [0.25, 0.3) is 5.91 Å². The van der Waals surface area contributed by atoms with Gasteiger partial charge in [-0.3, -0.25) is 9.59 Å². The molecule has 2 aromatic rings. The Morgan fingerprint density at radius 3 is 2.55 bits per heavy atom. The molecule has 5 nitrogen and oxygen atoms in total. The van der Waals surface area contributed by atoms with E-state index >= 15 is 0 Å². The SMILES string of the molecule is Cc1c(NC(=O)c2cccc(Cl)n2)cccc1C(N)=O. The third-order valence-electron chi connectivity index (χ3n) is 2.80. The first-order chi connectivity index (χ1) is 9.49. The van der Waals surface area contributed by atoms with E-state index < -0.39 is 11.8 Å². The van der Waals surface area contributed by atoms with Gasteiger partial charge < -0.3 is 11.1 Å². The van der Waals surface area contributed by atoms with E-state index in [-0.39, 0.29) is 10.8 Å². The van der Waals surface area contributed by atoms with Crippen LogP contribution in [0.5, 0.6) is 0 Å². The number of pyridine rings is 1. The molecule has 6 heteroatoms. The third-order valence-corrected chi connectivity index (χ3v) is 3.01. The van der Waals surface area contributed by atoms with Gasteiger partial charge >= 0.3 is 0 Å². The largest absolute Gasteiger partial charge is 0.366 e. The van der Waals surface area contributed by atoms with Crippen LogP contribution in [0.4, 0.5) is 5.69 Å². The van der Waals surface area contributed by atoms with E-state index in [0.29, 0.717) is 16.8 Å². The summed E-state index contributed by atoms with van der Waals surface area (Å²) in [6.45, 7) is 1.71. The standard InChI is InChI=1S/C14H12ClN3O2/c1-8-9(13(16)19)4-2-5-10(8)18-14(20)11-6-3-7-12(15)17-11/h2-7H,1H3,(H2,16,19)(H,18,20). The highest BCUT2D eigenvalue weighted by Crippen LogP contribution is 2.19. The fourth-order valence-corrected chi connectivity index (χ4v) is 1.92. The average molecular weight is 290 g/mol. The van der Waals surface area contributed by atoms with Gasteiger partial charge in [0.2, 0.25) is 5.91 Å². The number of nitrogens with two attached hydrogens (primary N) is 1. The highest BCUT2D eigenvalue weighted by Gasteiger charge is 2.12. The van der Waals surface area contributed by atoms with Crippen LogP contribution in [0.2, 0.25) is 5.15 Å². The first kappa shape index (κ1) is 14.0. The van der Waals surface area contributed by atoms with Crippen LogP contribution in [0.25, 0.3) is 0 Å². The molecule has 2 amide bonds. The second-order valence-electron chi connectivity index (χ2n) is 4.14. The van der Waals surface area contributed by atoms with Gasteiger partial charge in [0.1, 0.15) is 10.8 Å². The zero-order valence-corrected chi connectivity index (χ0v) is 11.4. The molecule has 3 N–H and O–H groups in total. The Balaban J connectivity index is 2.29. The van der Waals surface area contributed by atoms with Crippen molar-refractivity contribution in [2.75, 3.05) is 5.32 Å². The van der Waals surface area contributed by atoms with Crippen molar-refractivity contribution in [3.05, 3.63) is 58.4 Å². The number of amides is 2. The molecule has 2 rings (SSSR count). The van der Waals surface area contributed by atoms with Crippen LogP contribution in [0.1, 0.15) is 26.4 Å². The number of hydrogen-bond acceptors (Lipinski definition) is 3. The van der Waals surface area contributed by atoms with Crippen molar-refractivity contribution in [1.82, 2.24) is 4.98 Å². The smallest absolute Gasteiger partial charge is 0.274 e. The van der Waals surface area contributed by atoms with Crippen molar-refractivity contribution in [2.24, 2.45) is 5.73 Å². The minimum atomic E-state index is -0.542. The number of anilines is 1. The number of rotatable bonds is 3. The summed E-state index contributed by atoms with van der Waals surface area (Å²) in [6.07, 6.45) is 0. The molecule has 0 saturated heterocycles. The fraction of sp³-hybridized carbons (Fsp3) is 0.0714. The minimum Gasteiger partial charge on any atom is -0.366 e. The summed E-state index contributed by atoms with van der Waals surface area (Å²) in [5.74, 6) is -0.948. The molecular weight excluding hydrogens is 278 g/mol. The van der Waals surface area contributed by atoms with Crippen LogP contribution in [0, 0.1) is 6.92 Å². The molecule has 0 aliphatic heterocycles. The minimum absolute atomic E-state index is 0.196. The number of halogens is 1. The molecular formula is C14H12ClN3O2. The maximum atomic E-state index is 12.1. The molecule has 0 aliphatic rings. The number of primary amides is 1. The molecule has 1 aromatic heterocycles. The van der Waals surface area contributed by atoms with Gasteiger partial charge in [-0.15, -0.1) is 0 Å². The highest BCUT2D eigenvalue weighted by molar-refractivity contribution is 6.29. The number of benzene rings is 1. The lowest BCUT2D eigenvalue weighted by atomic mass is 10.1. The summed E-state index contributed by atoms with van der Waals surface area (Å²) >= 11 is 5.74. The van der Waals surface area contributed by atoms with Crippen LogP contribution in [0.15, 0.2) is 36.4 Å². The summed E-state index contributed by atoms with van der Waals surface area (Å²) < 4.78 is 0. The molecule has 102 valence electrons. The van der Waals surface area contributed by atoms with Gasteiger partial charge in [0, 0.05) is 11.3 Å².